The van der Waals surface area contributed by atoms with E-state index in [2.05, 4.69) is 11.5 Å². The predicted octanol–water partition coefficient (Wildman–Crippen LogP) is 2.74. The van der Waals surface area contributed by atoms with E-state index in [4.69, 9.17) is 4.74 Å². The van der Waals surface area contributed by atoms with E-state index in [1.54, 1.807) is 0 Å². The molecule has 0 saturated carbocycles. The Hall–Kier alpha value is -2.07. The first-order valence-electron chi connectivity index (χ1n) is 7.47. The molecule has 0 spiro atoms. The molecule has 0 unspecified atom stereocenters. The van der Waals surface area contributed by atoms with Gasteiger partial charge in [0, 0.05) is 13.1 Å². The number of hydrogen-bond acceptors (Lipinski definition) is 3. The lowest BCUT2D eigenvalue weighted by Crippen LogP contribution is -2.46. The number of ether oxygens (including phenoxy) is 1. The average molecular weight is 284 g/mol. The third-order valence-electron chi connectivity index (χ3n) is 3.73. The van der Waals surface area contributed by atoms with Gasteiger partial charge in [-0.1, -0.05) is 36.8 Å². The Balaban J connectivity index is 1.54. The van der Waals surface area contributed by atoms with E-state index in [9.17, 15) is 4.79 Å². The monoisotopic (exact) mass is 284 g/mol. The Morgan fingerprint density at radius 1 is 1.05 bits per heavy atom. The lowest BCUT2D eigenvalue weighted by molar-refractivity contribution is -0.128. The maximum atomic E-state index is 11.9. The van der Waals surface area contributed by atoms with Gasteiger partial charge in [-0.25, -0.2) is 5.01 Å². The van der Waals surface area contributed by atoms with Crippen LogP contribution in [0.1, 0.15) is 19.3 Å². The lowest BCUT2D eigenvalue weighted by Gasteiger charge is -2.26. The Morgan fingerprint density at radius 3 is 2.62 bits per heavy atom. The van der Waals surface area contributed by atoms with Gasteiger partial charge in [-0.15, -0.1) is 0 Å². The fourth-order valence-electron chi connectivity index (χ4n) is 2.62. The highest BCUT2D eigenvalue weighted by atomic mass is 16.5. The van der Waals surface area contributed by atoms with Crippen molar-refractivity contribution in [3.63, 3.8) is 0 Å². The van der Waals surface area contributed by atoms with Gasteiger partial charge in [0.1, 0.15) is 5.75 Å². The molecule has 2 aromatic rings. The second-order valence-electron chi connectivity index (χ2n) is 5.38. The minimum atomic E-state index is -0.0925. The van der Waals surface area contributed by atoms with Crippen molar-refractivity contribution >= 4 is 16.7 Å². The van der Waals surface area contributed by atoms with Crippen molar-refractivity contribution in [2.24, 2.45) is 0 Å². The SMILES string of the molecule is O=C(COc1ccc2ccccc2c1)NN1CCCCC1. The summed E-state index contributed by atoms with van der Waals surface area (Å²) in [5.74, 6) is 0.632. The Kier molecular flexibility index (Phi) is 4.36. The molecule has 1 amide bonds. The van der Waals surface area contributed by atoms with E-state index in [0.29, 0.717) is 0 Å². The van der Waals surface area contributed by atoms with Crippen molar-refractivity contribution in [3.8, 4) is 5.75 Å². The van der Waals surface area contributed by atoms with Crippen LogP contribution in [-0.2, 0) is 4.79 Å². The number of nitrogens with one attached hydrogen (secondary N) is 1. The summed E-state index contributed by atoms with van der Waals surface area (Å²) in [6.45, 7) is 1.91. The maximum absolute atomic E-state index is 11.9. The van der Waals surface area contributed by atoms with Crippen LogP contribution in [0.15, 0.2) is 42.5 Å². The molecule has 21 heavy (non-hydrogen) atoms. The minimum absolute atomic E-state index is 0.0504. The van der Waals surface area contributed by atoms with Crippen LogP contribution in [0.4, 0.5) is 0 Å². The molecule has 0 radical (unpaired) electrons. The molecule has 1 aliphatic heterocycles. The summed E-state index contributed by atoms with van der Waals surface area (Å²) in [7, 11) is 0. The number of hydrogen-bond donors (Lipinski definition) is 1. The number of amides is 1. The smallest absolute Gasteiger partial charge is 0.272 e. The van der Waals surface area contributed by atoms with Gasteiger partial charge in [-0.2, -0.15) is 0 Å². The van der Waals surface area contributed by atoms with Gasteiger partial charge < -0.3 is 4.74 Å². The molecule has 2 aromatic carbocycles. The highest BCUT2D eigenvalue weighted by Gasteiger charge is 2.12. The summed E-state index contributed by atoms with van der Waals surface area (Å²) in [5, 5.41) is 4.27. The summed E-state index contributed by atoms with van der Waals surface area (Å²) in [6.07, 6.45) is 3.54. The van der Waals surface area contributed by atoms with E-state index < -0.39 is 0 Å². The molecule has 0 bridgehead atoms. The minimum Gasteiger partial charge on any atom is -0.484 e. The number of nitrogens with zero attached hydrogens (tertiary/aromatic N) is 1. The second-order valence-corrected chi connectivity index (χ2v) is 5.38. The fraction of sp³-hybridized carbons (Fsp3) is 0.353. The highest BCUT2D eigenvalue weighted by molar-refractivity contribution is 5.84. The molecule has 1 N–H and O–H groups in total. The third kappa shape index (κ3) is 3.73. The molecule has 0 atom stereocenters. The van der Waals surface area contributed by atoms with Crippen molar-refractivity contribution in [2.45, 2.75) is 19.3 Å². The quantitative estimate of drug-likeness (QED) is 0.938. The zero-order chi connectivity index (χ0) is 14.5. The van der Waals surface area contributed by atoms with Gasteiger partial charge in [-0.3, -0.25) is 10.2 Å². The maximum Gasteiger partial charge on any atom is 0.272 e. The summed E-state index contributed by atoms with van der Waals surface area (Å²) in [5.41, 5.74) is 2.90. The molecule has 0 aliphatic carbocycles. The van der Waals surface area contributed by atoms with E-state index in [0.717, 1.165) is 37.1 Å². The Morgan fingerprint density at radius 2 is 1.81 bits per heavy atom. The summed E-state index contributed by atoms with van der Waals surface area (Å²) in [6, 6.07) is 14.0. The number of benzene rings is 2. The fourth-order valence-corrected chi connectivity index (χ4v) is 2.62. The molecule has 1 saturated heterocycles. The molecule has 110 valence electrons. The van der Waals surface area contributed by atoms with Gasteiger partial charge in [0.05, 0.1) is 0 Å². The molecule has 4 nitrogen and oxygen atoms in total. The van der Waals surface area contributed by atoms with Crippen molar-refractivity contribution in [2.75, 3.05) is 19.7 Å². The highest BCUT2D eigenvalue weighted by Crippen LogP contribution is 2.20. The number of fused-ring (bicyclic) bond motifs is 1. The second kappa shape index (κ2) is 6.59. The summed E-state index contributed by atoms with van der Waals surface area (Å²) in [4.78, 5) is 11.9. The average Bonchev–Trinajstić information content (AvgIpc) is 2.54. The van der Waals surface area contributed by atoms with Gasteiger partial charge in [0.2, 0.25) is 0 Å². The van der Waals surface area contributed by atoms with Crippen molar-refractivity contribution in [1.82, 2.24) is 10.4 Å². The van der Waals surface area contributed by atoms with Crippen LogP contribution in [0.5, 0.6) is 5.75 Å². The van der Waals surface area contributed by atoms with Crippen LogP contribution in [0.3, 0.4) is 0 Å². The summed E-state index contributed by atoms with van der Waals surface area (Å²) < 4.78 is 5.58. The third-order valence-corrected chi connectivity index (χ3v) is 3.73. The van der Waals surface area contributed by atoms with Crippen molar-refractivity contribution in [1.29, 1.82) is 0 Å². The van der Waals surface area contributed by atoms with E-state index >= 15 is 0 Å². The zero-order valence-electron chi connectivity index (χ0n) is 12.0. The molecule has 1 fully saturated rings. The first kappa shape index (κ1) is 13.9. The molecule has 1 aliphatic rings. The van der Waals surface area contributed by atoms with Crippen LogP contribution < -0.4 is 10.2 Å². The molecule has 3 rings (SSSR count). The molecule has 0 aromatic heterocycles. The van der Waals surface area contributed by atoms with Crippen LogP contribution in [0, 0.1) is 0 Å². The van der Waals surface area contributed by atoms with Crippen LogP contribution >= 0.6 is 0 Å². The van der Waals surface area contributed by atoms with Gasteiger partial charge in [-0.05, 0) is 35.7 Å². The normalized spacial score (nSPS) is 15.8. The molecule has 1 heterocycles. The molecular formula is C17H20N2O2. The first-order chi connectivity index (χ1) is 10.3. The Labute approximate surface area is 124 Å². The number of hydrazine groups is 1. The number of piperidine rings is 1. The number of rotatable bonds is 4. The molecule has 4 heteroatoms. The number of carbonyl (C=O) groups is 1. The van der Waals surface area contributed by atoms with Gasteiger partial charge in [0.25, 0.3) is 5.91 Å². The topological polar surface area (TPSA) is 41.6 Å². The van der Waals surface area contributed by atoms with Gasteiger partial charge in [0.15, 0.2) is 6.61 Å². The van der Waals surface area contributed by atoms with Crippen molar-refractivity contribution in [3.05, 3.63) is 42.5 Å². The van der Waals surface area contributed by atoms with E-state index in [-0.39, 0.29) is 12.5 Å². The molecular weight excluding hydrogens is 264 g/mol. The first-order valence-corrected chi connectivity index (χ1v) is 7.47. The van der Waals surface area contributed by atoms with Crippen molar-refractivity contribution < 1.29 is 9.53 Å². The zero-order valence-corrected chi connectivity index (χ0v) is 12.0. The van der Waals surface area contributed by atoms with Crippen LogP contribution in [0.25, 0.3) is 10.8 Å². The van der Waals surface area contributed by atoms with Crippen LogP contribution in [0.2, 0.25) is 0 Å². The lowest BCUT2D eigenvalue weighted by atomic mass is 10.1. The van der Waals surface area contributed by atoms with E-state index in [1.807, 2.05) is 41.4 Å². The van der Waals surface area contributed by atoms with Crippen LogP contribution in [-0.4, -0.2) is 30.6 Å². The summed E-state index contributed by atoms with van der Waals surface area (Å²) >= 11 is 0. The Bertz CT molecular complexity index is 621. The standard InChI is InChI=1S/C17H20N2O2/c20-17(18-19-10-4-1-5-11-19)13-21-16-9-8-14-6-2-3-7-15(14)12-16/h2-3,6-9,12H,1,4-5,10-11,13H2,(H,18,20). The van der Waals surface area contributed by atoms with E-state index in [1.165, 1.54) is 11.8 Å². The largest absolute Gasteiger partial charge is 0.484 e. The van der Waals surface area contributed by atoms with Gasteiger partial charge >= 0.3 is 0 Å². The predicted molar refractivity (Wildman–Crippen MR) is 83.0 cm³/mol. The number of carbonyl (C=O) groups excluding carboxylic acids is 1.